The number of para-hydroxylation sites is 2. The molecule has 0 atom stereocenters. The molecule has 0 fully saturated rings. The SMILES string of the molecule is [2H]c1cc([2H])c(-c2c([2H])c([2H])c([2H])c3c2oc2c([2H])c([2H])c([2H])c([2H])c23)c([2H])c1-c1c([2H])c([2H])c([2H])c(-c2ncnc3c2oc2ccc(-c4c([2H])c([2H])c5c([2H])c([2H])c([2H])c([2H])c5c4[2H])cc23)c1[2H]. The van der Waals surface area contributed by atoms with E-state index in [9.17, 15) is 2.74 Å². The summed E-state index contributed by atoms with van der Waals surface area (Å²) in [5, 5.41) is -0.883. The van der Waals surface area contributed by atoms with Crippen molar-refractivity contribution in [3.63, 3.8) is 0 Å². The molecule has 4 heteroatoms. The normalized spacial score (nSPS) is 17.9. The summed E-state index contributed by atoms with van der Waals surface area (Å²) < 4.78 is 196. The molecule has 0 aliphatic carbocycles. The zero-order valence-corrected chi connectivity index (χ0v) is 24.1. The van der Waals surface area contributed by atoms with Crippen LogP contribution in [0.15, 0.2) is 166 Å². The molecule has 3 aromatic heterocycles. The van der Waals surface area contributed by atoms with Gasteiger partial charge in [0.1, 0.15) is 34.3 Å². The summed E-state index contributed by atoms with van der Waals surface area (Å²) in [6.45, 7) is 0. The van der Waals surface area contributed by atoms with Crippen LogP contribution in [0.25, 0.3) is 99.4 Å². The van der Waals surface area contributed by atoms with E-state index < -0.39 is 166 Å². The Kier molecular flexibility index (Phi) is 2.91. The van der Waals surface area contributed by atoms with Crippen molar-refractivity contribution in [2.75, 3.05) is 0 Å². The Bertz CT molecular complexity index is 4050. The van der Waals surface area contributed by atoms with Crippen LogP contribution in [-0.2, 0) is 0 Å². The Hall–Kier alpha value is -6.52. The fraction of sp³-hybridized carbons (Fsp3) is 0. The largest absolute Gasteiger partial charge is 0.455 e. The molecule has 0 saturated carbocycles. The molecule has 0 bridgehead atoms. The van der Waals surface area contributed by atoms with Crippen molar-refractivity contribution < 1.29 is 37.6 Å². The van der Waals surface area contributed by atoms with E-state index >= 15 is 0 Å². The second-order valence-corrected chi connectivity index (χ2v) is 10.5. The van der Waals surface area contributed by atoms with E-state index in [-0.39, 0.29) is 60.4 Å². The lowest BCUT2D eigenvalue weighted by Crippen LogP contribution is -1.88. The molecule has 0 radical (unpaired) electrons. The molecule has 0 unspecified atom stereocenters. The van der Waals surface area contributed by atoms with Crippen LogP contribution in [0.3, 0.4) is 0 Å². The molecule has 48 heavy (non-hydrogen) atoms. The van der Waals surface area contributed by atoms with Gasteiger partial charge in [0, 0.05) is 27.3 Å². The second kappa shape index (κ2) is 10.5. The molecule has 0 amide bonds. The summed E-state index contributed by atoms with van der Waals surface area (Å²) >= 11 is 0. The minimum Gasteiger partial charge on any atom is -0.455 e. The number of benzene rings is 7. The smallest absolute Gasteiger partial charge is 0.180 e. The quantitative estimate of drug-likeness (QED) is 0.193. The third kappa shape index (κ3) is 4.24. The predicted molar refractivity (Wildman–Crippen MR) is 196 cm³/mol. The lowest BCUT2D eigenvalue weighted by Gasteiger charge is -2.09. The molecule has 7 aromatic carbocycles. The average molecular weight is 636 g/mol. The molecule has 0 aliphatic heterocycles. The van der Waals surface area contributed by atoms with Gasteiger partial charge in [-0.25, -0.2) is 9.97 Å². The van der Waals surface area contributed by atoms with Crippen LogP contribution < -0.4 is 0 Å². The van der Waals surface area contributed by atoms with Crippen LogP contribution in [-0.4, -0.2) is 9.97 Å². The van der Waals surface area contributed by atoms with Gasteiger partial charge in [0.15, 0.2) is 5.58 Å². The molecule has 0 aliphatic rings. The van der Waals surface area contributed by atoms with Gasteiger partial charge in [-0.2, -0.15) is 0 Å². The van der Waals surface area contributed by atoms with Crippen LogP contribution in [0.2, 0.25) is 0 Å². The van der Waals surface area contributed by atoms with Crippen molar-refractivity contribution in [1.29, 1.82) is 0 Å². The van der Waals surface area contributed by atoms with E-state index in [0.29, 0.717) is 0 Å². The van der Waals surface area contributed by atoms with Crippen LogP contribution in [0.1, 0.15) is 28.8 Å². The number of hydrogen-bond acceptors (Lipinski definition) is 4. The first-order valence-electron chi connectivity index (χ1n) is 24.8. The molecule has 0 N–H and O–H groups in total. The highest BCUT2D eigenvalue weighted by atomic mass is 16.3. The first-order chi connectivity index (χ1) is 32.5. The second-order valence-electron chi connectivity index (χ2n) is 10.5. The van der Waals surface area contributed by atoms with Crippen molar-refractivity contribution in [3.05, 3.63) is 157 Å². The molecular formula is C44H26N2O2. The summed E-state index contributed by atoms with van der Waals surface area (Å²) in [5.74, 6) is 0. The summed E-state index contributed by atoms with van der Waals surface area (Å²) in [4.78, 5) is 8.69. The van der Waals surface area contributed by atoms with Crippen LogP contribution in [0.4, 0.5) is 0 Å². The van der Waals surface area contributed by atoms with Crippen LogP contribution >= 0.6 is 0 Å². The molecule has 10 rings (SSSR count). The topological polar surface area (TPSA) is 52.1 Å². The Labute approximate surface area is 305 Å². The Morgan fingerprint density at radius 2 is 1.23 bits per heavy atom. The van der Waals surface area contributed by atoms with Crippen molar-refractivity contribution in [1.82, 2.24) is 9.97 Å². The van der Waals surface area contributed by atoms with E-state index in [1.54, 1.807) is 0 Å². The van der Waals surface area contributed by atoms with Crippen molar-refractivity contribution in [2.24, 2.45) is 0 Å². The van der Waals surface area contributed by atoms with Crippen molar-refractivity contribution in [3.8, 4) is 44.6 Å². The number of rotatable bonds is 4. The summed E-state index contributed by atoms with van der Waals surface area (Å²) in [7, 11) is 0. The number of nitrogens with zero attached hydrogens (tertiary/aromatic N) is 2. The average Bonchev–Trinajstić information content (AvgIpc) is 3.90. The van der Waals surface area contributed by atoms with Gasteiger partial charge in [-0.1, -0.05) is 115 Å². The fourth-order valence-electron chi connectivity index (χ4n) is 5.57. The Morgan fingerprint density at radius 1 is 0.479 bits per heavy atom. The van der Waals surface area contributed by atoms with Gasteiger partial charge in [0.25, 0.3) is 0 Å². The number of aromatic nitrogens is 2. The van der Waals surface area contributed by atoms with Gasteiger partial charge >= 0.3 is 0 Å². The first-order valence-corrected chi connectivity index (χ1v) is 14.3. The summed E-state index contributed by atoms with van der Waals surface area (Å²) in [6, 6.07) is -8.08. The molecule has 10 aromatic rings. The van der Waals surface area contributed by atoms with Gasteiger partial charge in [-0.3, -0.25) is 0 Å². The lowest BCUT2D eigenvalue weighted by atomic mass is 9.96. The zero-order chi connectivity index (χ0) is 49.9. The van der Waals surface area contributed by atoms with E-state index in [4.69, 9.17) is 34.9 Å². The maximum absolute atomic E-state index is 9.53. The van der Waals surface area contributed by atoms with Crippen molar-refractivity contribution in [2.45, 2.75) is 0 Å². The van der Waals surface area contributed by atoms with Crippen LogP contribution in [0.5, 0.6) is 0 Å². The van der Waals surface area contributed by atoms with E-state index in [0.717, 1.165) is 12.4 Å². The third-order valence-electron chi connectivity index (χ3n) is 7.77. The van der Waals surface area contributed by atoms with Gasteiger partial charge < -0.3 is 8.83 Å². The number of furan rings is 2. The maximum atomic E-state index is 9.53. The van der Waals surface area contributed by atoms with Crippen molar-refractivity contribution >= 4 is 54.8 Å². The summed E-state index contributed by atoms with van der Waals surface area (Å²) in [5.41, 5.74) is -3.41. The maximum Gasteiger partial charge on any atom is 0.180 e. The Morgan fingerprint density at radius 3 is 2.21 bits per heavy atom. The molecule has 0 spiro atoms. The van der Waals surface area contributed by atoms with E-state index in [1.807, 2.05) is 0 Å². The zero-order valence-electron chi connectivity index (χ0n) is 45.1. The van der Waals surface area contributed by atoms with Gasteiger partial charge in [-0.05, 0) is 74.9 Å². The van der Waals surface area contributed by atoms with E-state index in [2.05, 4.69) is 9.97 Å². The number of hydrogen-bond donors (Lipinski definition) is 0. The minimum atomic E-state index is -0.781. The molecule has 0 saturated heterocycles. The molecule has 3 heterocycles. The van der Waals surface area contributed by atoms with E-state index in [1.165, 1.54) is 18.2 Å². The molecule has 224 valence electrons. The molecular weight excluding hydrogens is 588 g/mol. The Balaban J connectivity index is 1.20. The highest BCUT2D eigenvalue weighted by Crippen LogP contribution is 2.39. The monoisotopic (exact) mass is 635 g/mol. The number of fused-ring (bicyclic) bond motifs is 7. The lowest BCUT2D eigenvalue weighted by molar-refractivity contribution is 0.667. The third-order valence-corrected chi connectivity index (χ3v) is 7.77. The summed E-state index contributed by atoms with van der Waals surface area (Å²) in [6.07, 6.45) is 1.07. The standard InChI is InChI=1S/C44H26N2O2/c1-2-9-28-22-31(19-18-27(28)8-1)32-20-21-40-38(25-32)42-44(48-40)41(45-26-46-42)34-13-6-11-30(24-34)29-10-5-12-33(23-29)35-15-7-16-37-36-14-3-4-17-39(36)47-43(35)37/h1-26H/i1D,2D,3D,4D,6D,7D,8D,9D,10D,11D,12D,13D,14D,15D,16D,17D,18D,19D,22D,23D,24D. The predicted octanol–water partition coefficient (Wildman–Crippen LogP) is 12.1. The minimum absolute atomic E-state index is 0.0670. The molecule has 4 nitrogen and oxygen atoms in total. The van der Waals surface area contributed by atoms with Crippen LogP contribution in [0, 0.1) is 0 Å². The highest BCUT2D eigenvalue weighted by Gasteiger charge is 2.17. The van der Waals surface area contributed by atoms with Gasteiger partial charge in [0.2, 0.25) is 0 Å². The first kappa shape index (κ1) is 13.3. The van der Waals surface area contributed by atoms with Gasteiger partial charge in [0.05, 0.1) is 28.8 Å². The fourth-order valence-corrected chi connectivity index (χ4v) is 5.57. The highest BCUT2D eigenvalue weighted by molar-refractivity contribution is 6.10. The van der Waals surface area contributed by atoms with Gasteiger partial charge in [-0.15, -0.1) is 0 Å².